The number of esters is 1. The van der Waals surface area contributed by atoms with E-state index in [9.17, 15) is 4.79 Å². The summed E-state index contributed by atoms with van der Waals surface area (Å²) >= 11 is 0. The number of carbonyl (C=O) groups excluding carboxylic acids is 1. The molecule has 106 valence electrons. The number of aliphatic imine (C=N–C) groups is 1. The van der Waals surface area contributed by atoms with E-state index in [1.807, 2.05) is 20.8 Å². The summed E-state index contributed by atoms with van der Waals surface area (Å²) in [7, 11) is 3.33. The summed E-state index contributed by atoms with van der Waals surface area (Å²) in [6, 6.07) is 0.156. The number of guanidine groups is 1. The Morgan fingerprint density at radius 2 is 2.00 bits per heavy atom. The highest BCUT2D eigenvalue weighted by molar-refractivity contribution is 5.80. The van der Waals surface area contributed by atoms with Crippen molar-refractivity contribution in [3.05, 3.63) is 0 Å². The van der Waals surface area contributed by atoms with Crippen molar-refractivity contribution in [2.45, 2.75) is 39.3 Å². The average Bonchev–Trinajstić information content (AvgIpc) is 2.27. The van der Waals surface area contributed by atoms with Crippen molar-refractivity contribution in [2.24, 2.45) is 4.99 Å². The van der Waals surface area contributed by atoms with Crippen molar-refractivity contribution < 1.29 is 14.3 Å². The molecule has 0 aliphatic heterocycles. The van der Waals surface area contributed by atoms with E-state index >= 15 is 0 Å². The summed E-state index contributed by atoms with van der Waals surface area (Å²) in [6.07, 6.45) is 0.244. The molecule has 18 heavy (non-hydrogen) atoms. The smallest absolute Gasteiger partial charge is 0.307 e. The van der Waals surface area contributed by atoms with E-state index in [4.69, 9.17) is 9.47 Å². The normalized spacial score (nSPS) is 13.3. The number of nitrogens with zero attached hydrogens (tertiary/aromatic N) is 1. The van der Waals surface area contributed by atoms with Crippen LogP contribution >= 0.6 is 0 Å². The molecule has 0 aliphatic carbocycles. The number of carbonyl (C=O) groups is 1. The minimum Gasteiger partial charge on any atom is -0.463 e. The number of rotatable bonds is 7. The van der Waals surface area contributed by atoms with Crippen molar-refractivity contribution in [2.75, 3.05) is 27.3 Å². The molecule has 0 aliphatic rings. The molecular weight excluding hydrogens is 234 g/mol. The van der Waals surface area contributed by atoms with Crippen LogP contribution in [0.5, 0.6) is 0 Å². The van der Waals surface area contributed by atoms with Gasteiger partial charge in [0.2, 0.25) is 0 Å². The maximum absolute atomic E-state index is 11.3. The second kappa shape index (κ2) is 9.70. The van der Waals surface area contributed by atoms with Crippen LogP contribution in [0.1, 0.15) is 27.2 Å². The number of methoxy groups -OCH3 is 1. The van der Waals surface area contributed by atoms with Crippen LogP contribution in [0, 0.1) is 0 Å². The Balaban J connectivity index is 3.85. The molecule has 0 amide bonds. The van der Waals surface area contributed by atoms with Gasteiger partial charge in [-0.05, 0) is 20.8 Å². The van der Waals surface area contributed by atoms with Gasteiger partial charge in [-0.2, -0.15) is 0 Å². The van der Waals surface area contributed by atoms with Crippen LogP contribution in [0.15, 0.2) is 4.99 Å². The molecule has 6 heteroatoms. The lowest BCUT2D eigenvalue weighted by Gasteiger charge is -2.17. The number of nitrogens with one attached hydrogen (secondary N) is 2. The second-order valence-corrected chi connectivity index (χ2v) is 4.29. The highest BCUT2D eigenvalue weighted by Gasteiger charge is 2.07. The van der Waals surface area contributed by atoms with E-state index in [2.05, 4.69) is 15.6 Å². The van der Waals surface area contributed by atoms with Crippen LogP contribution < -0.4 is 10.6 Å². The number of hydrogen-bond acceptors (Lipinski definition) is 4. The van der Waals surface area contributed by atoms with Gasteiger partial charge in [-0.25, -0.2) is 0 Å². The summed E-state index contributed by atoms with van der Waals surface area (Å²) in [6.45, 7) is 6.74. The van der Waals surface area contributed by atoms with Gasteiger partial charge in [0.25, 0.3) is 0 Å². The first-order valence-electron chi connectivity index (χ1n) is 6.15. The molecular formula is C12H25N3O3. The quantitative estimate of drug-likeness (QED) is 0.396. The first kappa shape index (κ1) is 16.7. The minimum atomic E-state index is -0.210. The van der Waals surface area contributed by atoms with Gasteiger partial charge in [-0.3, -0.25) is 9.79 Å². The Bertz CT molecular complexity index is 267. The lowest BCUT2D eigenvalue weighted by Crippen LogP contribution is -2.44. The Morgan fingerprint density at radius 3 is 2.50 bits per heavy atom. The first-order valence-corrected chi connectivity index (χ1v) is 6.15. The van der Waals surface area contributed by atoms with Gasteiger partial charge in [0.15, 0.2) is 5.96 Å². The zero-order valence-corrected chi connectivity index (χ0v) is 11.9. The standard InChI is InChI=1S/C12H25N3O3/c1-9(2)18-11(16)6-7-14-12(13-4)15-10(3)8-17-5/h9-10H,6-8H2,1-5H3,(H2,13,14,15). The molecule has 0 aromatic heterocycles. The minimum absolute atomic E-state index is 0.0725. The van der Waals surface area contributed by atoms with Crippen molar-refractivity contribution >= 4 is 11.9 Å². The Hall–Kier alpha value is -1.30. The number of hydrogen-bond donors (Lipinski definition) is 2. The molecule has 0 bridgehead atoms. The Kier molecular flexibility index (Phi) is 9.00. The third kappa shape index (κ3) is 8.81. The molecule has 1 unspecified atom stereocenters. The molecule has 0 saturated carbocycles. The molecule has 0 spiro atoms. The summed E-state index contributed by atoms with van der Waals surface area (Å²) < 4.78 is 10.0. The van der Waals surface area contributed by atoms with E-state index in [-0.39, 0.29) is 18.1 Å². The predicted molar refractivity (Wildman–Crippen MR) is 71.7 cm³/mol. The highest BCUT2D eigenvalue weighted by atomic mass is 16.5. The summed E-state index contributed by atoms with van der Waals surface area (Å²) in [5, 5.41) is 6.19. The zero-order valence-electron chi connectivity index (χ0n) is 11.9. The topological polar surface area (TPSA) is 72.0 Å². The molecule has 0 radical (unpaired) electrons. The van der Waals surface area contributed by atoms with Crippen LogP contribution in [0.2, 0.25) is 0 Å². The van der Waals surface area contributed by atoms with Crippen LogP contribution in [0.25, 0.3) is 0 Å². The maximum atomic E-state index is 11.3. The van der Waals surface area contributed by atoms with Crippen molar-refractivity contribution in [3.63, 3.8) is 0 Å². The molecule has 0 aromatic carbocycles. The van der Waals surface area contributed by atoms with Gasteiger partial charge in [0, 0.05) is 26.7 Å². The largest absolute Gasteiger partial charge is 0.463 e. The molecule has 6 nitrogen and oxygen atoms in total. The fraction of sp³-hybridized carbons (Fsp3) is 0.833. The van der Waals surface area contributed by atoms with Crippen LogP contribution in [-0.2, 0) is 14.3 Å². The van der Waals surface area contributed by atoms with Gasteiger partial charge in [-0.15, -0.1) is 0 Å². The van der Waals surface area contributed by atoms with Crippen molar-refractivity contribution in [1.82, 2.24) is 10.6 Å². The van der Waals surface area contributed by atoms with Crippen LogP contribution in [0.3, 0.4) is 0 Å². The SMILES string of the molecule is CN=C(NCCC(=O)OC(C)C)NC(C)COC. The molecule has 2 N–H and O–H groups in total. The second-order valence-electron chi connectivity index (χ2n) is 4.29. The predicted octanol–water partition coefficient (Wildman–Crippen LogP) is 0.528. The third-order valence-corrected chi connectivity index (χ3v) is 2.01. The van der Waals surface area contributed by atoms with Crippen LogP contribution in [0.4, 0.5) is 0 Å². The molecule has 1 atom stereocenters. The fourth-order valence-corrected chi connectivity index (χ4v) is 1.32. The van der Waals surface area contributed by atoms with E-state index in [1.165, 1.54) is 0 Å². The monoisotopic (exact) mass is 259 g/mol. The molecule has 0 heterocycles. The maximum Gasteiger partial charge on any atom is 0.307 e. The van der Waals surface area contributed by atoms with Gasteiger partial charge >= 0.3 is 5.97 Å². The lowest BCUT2D eigenvalue weighted by atomic mass is 10.3. The van der Waals surface area contributed by atoms with Crippen molar-refractivity contribution in [3.8, 4) is 0 Å². The third-order valence-electron chi connectivity index (χ3n) is 2.01. The van der Waals surface area contributed by atoms with E-state index < -0.39 is 0 Å². The highest BCUT2D eigenvalue weighted by Crippen LogP contribution is 1.92. The van der Waals surface area contributed by atoms with Gasteiger partial charge < -0.3 is 20.1 Å². The number of ether oxygens (including phenoxy) is 2. The van der Waals surface area contributed by atoms with E-state index in [0.717, 1.165) is 0 Å². The molecule has 0 aromatic rings. The van der Waals surface area contributed by atoms with Crippen LogP contribution in [-0.4, -0.2) is 51.4 Å². The van der Waals surface area contributed by atoms with Gasteiger partial charge in [0.05, 0.1) is 19.1 Å². The zero-order chi connectivity index (χ0) is 14.0. The summed E-state index contributed by atoms with van der Waals surface area (Å²) in [4.78, 5) is 15.4. The lowest BCUT2D eigenvalue weighted by molar-refractivity contribution is -0.147. The van der Waals surface area contributed by atoms with E-state index in [0.29, 0.717) is 25.5 Å². The van der Waals surface area contributed by atoms with Gasteiger partial charge in [-0.1, -0.05) is 0 Å². The van der Waals surface area contributed by atoms with Gasteiger partial charge in [0.1, 0.15) is 0 Å². The summed E-state index contributed by atoms with van der Waals surface area (Å²) in [5.41, 5.74) is 0. The Labute approximate surface area is 109 Å². The summed E-state index contributed by atoms with van der Waals surface area (Å²) in [5.74, 6) is 0.440. The Morgan fingerprint density at radius 1 is 1.33 bits per heavy atom. The molecule has 0 rings (SSSR count). The molecule has 0 saturated heterocycles. The first-order chi connectivity index (χ1) is 8.49. The fourth-order valence-electron chi connectivity index (χ4n) is 1.32. The molecule has 0 fully saturated rings. The van der Waals surface area contributed by atoms with Crippen molar-refractivity contribution in [1.29, 1.82) is 0 Å². The average molecular weight is 259 g/mol. The van der Waals surface area contributed by atoms with E-state index in [1.54, 1.807) is 14.2 Å².